The molecule has 2 aromatic heterocycles. The Balaban J connectivity index is 2.09. The van der Waals surface area contributed by atoms with E-state index in [1.807, 2.05) is 19.2 Å². The summed E-state index contributed by atoms with van der Waals surface area (Å²) in [6, 6.07) is 0. The van der Waals surface area contributed by atoms with Crippen molar-refractivity contribution in [2.75, 3.05) is 0 Å². The van der Waals surface area contributed by atoms with Gasteiger partial charge in [0.15, 0.2) is 0 Å². The Hall–Kier alpha value is -1.76. The van der Waals surface area contributed by atoms with Crippen molar-refractivity contribution in [2.24, 2.45) is 5.41 Å². The minimum absolute atomic E-state index is 0.0570. The van der Waals surface area contributed by atoms with Crippen molar-refractivity contribution in [3.63, 3.8) is 0 Å². The van der Waals surface area contributed by atoms with Crippen molar-refractivity contribution in [3.05, 3.63) is 16.8 Å². The number of thiazole rings is 1. The maximum absolute atomic E-state index is 10.7. The fraction of sp³-hybridized carbons (Fsp3) is 0.455. The second-order valence-electron chi connectivity index (χ2n) is 4.80. The van der Waals surface area contributed by atoms with Crippen LogP contribution in [0.15, 0.2) is 15.4 Å². The van der Waals surface area contributed by atoms with Crippen LogP contribution in [0.25, 0.3) is 11.5 Å². The highest BCUT2D eigenvalue weighted by Gasteiger charge is 2.25. The maximum Gasteiger partial charge on any atom is 0.303 e. The second kappa shape index (κ2) is 4.85. The standard InChI is InChI=1S/C11H13N3O3S/c1-11(2,4-9(15)16)3-8-13-10(14-17-8)7-5-18-6-12-7/h5-6H,3-4H2,1-2H3,(H,15,16). The molecule has 0 saturated carbocycles. The van der Waals surface area contributed by atoms with Gasteiger partial charge >= 0.3 is 5.97 Å². The predicted molar refractivity (Wildman–Crippen MR) is 65.1 cm³/mol. The lowest BCUT2D eigenvalue weighted by Crippen LogP contribution is -2.19. The van der Waals surface area contributed by atoms with Gasteiger partial charge in [0.1, 0.15) is 5.69 Å². The summed E-state index contributed by atoms with van der Waals surface area (Å²) in [7, 11) is 0. The van der Waals surface area contributed by atoms with Gasteiger partial charge in [-0.1, -0.05) is 19.0 Å². The Morgan fingerprint density at radius 1 is 1.56 bits per heavy atom. The van der Waals surface area contributed by atoms with Crippen LogP contribution in [0.5, 0.6) is 0 Å². The van der Waals surface area contributed by atoms with E-state index in [4.69, 9.17) is 9.63 Å². The molecule has 0 aliphatic heterocycles. The molecule has 0 atom stereocenters. The Morgan fingerprint density at radius 2 is 2.33 bits per heavy atom. The van der Waals surface area contributed by atoms with Crippen LogP contribution in [0.2, 0.25) is 0 Å². The number of carbonyl (C=O) groups is 1. The molecule has 0 unspecified atom stereocenters. The van der Waals surface area contributed by atoms with Crippen molar-refractivity contribution in [1.82, 2.24) is 15.1 Å². The highest BCUT2D eigenvalue weighted by atomic mass is 32.1. The number of aromatic nitrogens is 3. The third kappa shape index (κ3) is 3.13. The van der Waals surface area contributed by atoms with Crippen LogP contribution in [0.3, 0.4) is 0 Å². The molecule has 2 heterocycles. The first-order valence-electron chi connectivity index (χ1n) is 5.39. The third-order valence-corrected chi connectivity index (χ3v) is 2.98. The summed E-state index contributed by atoms with van der Waals surface area (Å²) in [6.45, 7) is 3.71. The third-order valence-electron chi connectivity index (χ3n) is 2.39. The molecule has 96 valence electrons. The molecule has 7 heteroatoms. The summed E-state index contributed by atoms with van der Waals surface area (Å²) in [5, 5.41) is 14.5. The lowest BCUT2D eigenvalue weighted by Gasteiger charge is -2.19. The fourth-order valence-corrected chi connectivity index (χ4v) is 2.17. The van der Waals surface area contributed by atoms with E-state index in [0.717, 1.165) is 0 Å². The average molecular weight is 267 g/mol. The van der Waals surface area contributed by atoms with Crippen LogP contribution in [0, 0.1) is 5.41 Å². The molecule has 0 aliphatic carbocycles. The van der Waals surface area contributed by atoms with Gasteiger partial charge in [-0.25, -0.2) is 4.98 Å². The van der Waals surface area contributed by atoms with Gasteiger partial charge in [0.2, 0.25) is 11.7 Å². The van der Waals surface area contributed by atoms with Gasteiger partial charge in [0, 0.05) is 11.8 Å². The number of hydrogen-bond acceptors (Lipinski definition) is 6. The van der Waals surface area contributed by atoms with Gasteiger partial charge in [-0.2, -0.15) is 4.98 Å². The van der Waals surface area contributed by atoms with E-state index in [-0.39, 0.29) is 6.42 Å². The van der Waals surface area contributed by atoms with E-state index in [1.165, 1.54) is 11.3 Å². The minimum Gasteiger partial charge on any atom is -0.481 e. The summed E-state index contributed by atoms with van der Waals surface area (Å²) < 4.78 is 5.12. The van der Waals surface area contributed by atoms with E-state index in [9.17, 15) is 4.79 Å². The number of hydrogen-bond donors (Lipinski definition) is 1. The number of aliphatic carboxylic acids is 1. The van der Waals surface area contributed by atoms with Crippen molar-refractivity contribution >= 4 is 17.3 Å². The molecule has 6 nitrogen and oxygen atoms in total. The fourth-order valence-electron chi connectivity index (χ4n) is 1.63. The average Bonchev–Trinajstić information content (AvgIpc) is 2.82. The van der Waals surface area contributed by atoms with E-state index in [1.54, 1.807) is 5.51 Å². The molecule has 0 aliphatic rings. The number of nitrogens with zero attached hydrogens (tertiary/aromatic N) is 3. The molecule has 2 rings (SSSR count). The first-order chi connectivity index (χ1) is 8.46. The molecule has 18 heavy (non-hydrogen) atoms. The SMILES string of the molecule is CC(C)(CC(=O)O)Cc1nc(-c2cscn2)no1. The number of rotatable bonds is 5. The molecule has 0 saturated heterocycles. The van der Waals surface area contributed by atoms with Crippen LogP contribution in [0.1, 0.15) is 26.2 Å². The van der Waals surface area contributed by atoms with Crippen LogP contribution in [0.4, 0.5) is 0 Å². The first-order valence-corrected chi connectivity index (χ1v) is 6.33. The molecular formula is C11H13N3O3S. The second-order valence-corrected chi connectivity index (χ2v) is 5.52. The van der Waals surface area contributed by atoms with Gasteiger partial charge in [0.25, 0.3) is 0 Å². The number of carboxylic acids is 1. The van der Waals surface area contributed by atoms with Crippen molar-refractivity contribution in [1.29, 1.82) is 0 Å². The van der Waals surface area contributed by atoms with Crippen LogP contribution in [-0.2, 0) is 11.2 Å². The quantitative estimate of drug-likeness (QED) is 0.893. The van der Waals surface area contributed by atoms with Gasteiger partial charge in [-0.15, -0.1) is 11.3 Å². The topological polar surface area (TPSA) is 89.1 Å². The molecule has 0 bridgehead atoms. The van der Waals surface area contributed by atoms with E-state index in [0.29, 0.717) is 23.8 Å². The van der Waals surface area contributed by atoms with E-state index < -0.39 is 11.4 Å². The van der Waals surface area contributed by atoms with Crippen molar-refractivity contribution in [2.45, 2.75) is 26.7 Å². The van der Waals surface area contributed by atoms with Crippen LogP contribution in [-0.4, -0.2) is 26.2 Å². The lowest BCUT2D eigenvalue weighted by molar-refractivity contribution is -0.139. The highest BCUT2D eigenvalue weighted by Crippen LogP contribution is 2.26. The van der Waals surface area contributed by atoms with E-state index >= 15 is 0 Å². The summed E-state index contributed by atoms with van der Waals surface area (Å²) >= 11 is 1.45. The molecule has 0 amide bonds. The van der Waals surface area contributed by atoms with Gasteiger partial charge in [-0.3, -0.25) is 4.79 Å². The summed E-state index contributed by atoms with van der Waals surface area (Å²) in [5.41, 5.74) is 1.95. The molecule has 0 spiro atoms. The zero-order valence-electron chi connectivity index (χ0n) is 10.1. The van der Waals surface area contributed by atoms with E-state index in [2.05, 4.69) is 15.1 Å². The molecule has 0 radical (unpaired) electrons. The largest absolute Gasteiger partial charge is 0.481 e. The van der Waals surface area contributed by atoms with Crippen LogP contribution >= 0.6 is 11.3 Å². The summed E-state index contributed by atoms with van der Waals surface area (Å²) in [6.07, 6.45) is 0.484. The van der Waals surface area contributed by atoms with Gasteiger partial charge < -0.3 is 9.63 Å². The van der Waals surface area contributed by atoms with Gasteiger partial charge in [0.05, 0.1) is 11.9 Å². The zero-order chi connectivity index (χ0) is 13.2. The molecular weight excluding hydrogens is 254 g/mol. The molecule has 0 aromatic carbocycles. The van der Waals surface area contributed by atoms with Gasteiger partial charge in [-0.05, 0) is 5.41 Å². The molecule has 1 N–H and O–H groups in total. The van der Waals surface area contributed by atoms with Crippen LogP contribution < -0.4 is 0 Å². The predicted octanol–water partition coefficient (Wildman–Crippen LogP) is 2.24. The summed E-state index contributed by atoms with van der Waals surface area (Å²) in [5.74, 6) is 0.0425. The Kier molecular flexibility index (Phi) is 3.42. The smallest absolute Gasteiger partial charge is 0.303 e. The minimum atomic E-state index is -0.834. The first kappa shape index (κ1) is 12.7. The lowest BCUT2D eigenvalue weighted by atomic mass is 9.86. The molecule has 2 aromatic rings. The Morgan fingerprint density at radius 3 is 2.94 bits per heavy atom. The summed E-state index contributed by atoms with van der Waals surface area (Å²) in [4.78, 5) is 19.0. The normalized spacial score (nSPS) is 11.7. The highest BCUT2D eigenvalue weighted by molar-refractivity contribution is 7.07. The monoisotopic (exact) mass is 267 g/mol. The Labute approximate surface area is 108 Å². The maximum atomic E-state index is 10.7. The van der Waals surface area contributed by atoms with Crippen molar-refractivity contribution < 1.29 is 14.4 Å². The van der Waals surface area contributed by atoms with Crippen molar-refractivity contribution in [3.8, 4) is 11.5 Å². The molecule has 0 fully saturated rings. The Bertz CT molecular complexity index is 533. The number of carboxylic acid groups (broad SMARTS) is 1. The zero-order valence-corrected chi connectivity index (χ0v) is 10.9.